The normalized spacial score (nSPS) is 33.5. The lowest BCUT2D eigenvalue weighted by Gasteiger charge is -2.15. The van der Waals surface area contributed by atoms with Crippen molar-refractivity contribution < 1.29 is 4.20 Å². The monoisotopic (exact) mass is 674 g/mol. The second-order valence-electron chi connectivity index (χ2n) is 3.27. The van der Waals surface area contributed by atoms with Crippen molar-refractivity contribution in [3.8, 4) is 0 Å². The number of hydrogen-bond donors (Lipinski definition) is 0. The van der Waals surface area contributed by atoms with Crippen molar-refractivity contribution in [3.63, 3.8) is 0 Å². The van der Waals surface area contributed by atoms with Gasteiger partial charge in [0.15, 0.2) is 0 Å². The maximum absolute atomic E-state index is 14.4. The maximum atomic E-state index is 14.4. The minimum absolute atomic E-state index is 3.30. The van der Waals surface area contributed by atoms with Gasteiger partial charge in [-0.25, -0.2) is 0 Å². The molecular formula is Cl11FN6P6. The molecule has 6 nitrogen and oxygen atoms in total. The average Bonchev–Trinajstić information content (AvgIpc) is 1.98. The minimum atomic E-state index is -4.61. The van der Waals surface area contributed by atoms with E-state index in [1.165, 1.54) is 0 Å². The molecule has 0 spiro atoms. The Bertz CT molecular complexity index is 626. The molecule has 1 rings (SSSR count). The Morgan fingerprint density at radius 1 is 0.375 bits per heavy atom. The summed E-state index contributed by atoms with van der Waals surface area (Å²) in [7, 11) is 0. The molecule has 1 aliphatic heterocycles. The highest BCUT2D eigenvalue weighted by molar-refractivity contribution is 8.25. The van der Waals surface area contributed by atoms with Crippen molar-refractivity contribution in [1.82, 2.24) is 0 Å². The van der Waals surface area contributed by atoms with Crippen LogP contribution in [0.3, 0.4) is 0 Å². The van der Waals surface area contributed by atoms with E-state index in [1.54, 1.807) is 0 Å². The molecule has 1 unspecified atom stereocenters. The molecule has 24 heavy (non-hydrogen) atoms. The second-order valence-corrected chi connectivity index (χ2v) is 31.1. The Morgan fingerprint density at radius 2 is 0.583 bits per heavy atom. The summed E-state index contributed by atoms with van der Waals surface area (Å²) in [6.07, 6.45) is 0. The Kier molecular flexibility index (Phi) is 9.87. The van der Waals surface area contributed by atoms with Crippen LogP contribution in [0, 0.1) is 0 Å². The first-order valence-electron chi connectivity index (χ1n) is 4.43. The highest BCUT2D eigenvalue weighted by Gasteiger charge is 2.32. The fourth-order valence-electron chi connectivity index (χ4n) is 0.884. The van der Waals surface area contributed by atoms with Gasteiger partial charge in [0, 0.05) is 0 Å². The third-order valence-electron chi connectivity index (χ3n) is 1.29. The molecule has 0 N–H and O–H groups in total. The molecule has 1 aliphatic rings. The van der Waals surface area contributed by atoms with Crippen LogP contribution < -0.4 is 0 Å². The predicted molar refractivity (Wildman–Crippen MR) is 122 cm³/mol. The van der Waals surface area contributed by atoms with Gasteiger partial charge in [-0.05, 0) is 124 Å². The van der Waals surface area contributed by atoms with Gasteiger partial charge in [0.05, 0.1) is 0 Å². The molecule has 144 valence electrons. The lowest BCUT2D eigenvalue weighted by atomic mass is 13.8. The quantitative estimate of drug-likeness (QED) is 0.229. The standard InChI is InChI=1S/Cl11FN6P6/c1-19(2)13-20(3,4)15-22(7,8)17-24(11,12)18-23(9,10)16-21(5,6)14-19. The fourth-order valence-corrected chi connectivity index (χ4v) is 35.2. The maximum Gasteiger partial charge on any atom is 0.338 e. The van der Waals surface area contributed by atoms with Crippen LogP contribution in [0.1, 0.15) is 0 Å². The summed E-state index contributed by atoms with van der Waals surface area (Å²) in [6.45, 7) is -4.61. The first kappa shape index (κ1) is 26.5. The second kappa shape index (κ2) is 8.93. The Hall–Kier alpha value is 4.50. The molecule has 1 atom stereocenters. The van der Waals surface area contributed by atoms with Crippen molar-refractivity contribution in [2.75, 3.05) is 0 Å². The Balaban J connectivity index is 4.07. The van der Waals surface area contributed by atoms with E-state index in [1.807, 2.05) is 0 Å². The van der Waals surface area contributed by atoms with Gasteiger partial charge in [-0.1, -0.05) is 0 Å². The van der Waals surface area contributed by atoms with Gasteiger partial charge >= 0.3 is 6.87 Å². The molecule has 1 heterocycles. The predicted octanol–water partition coefficient (Wildman–Crippen LogP) is 14.3. The van der Waals surface area contributed by atoms with Crippen molar-refractivity contribution in [3.05, 3.63) is 0 Å². The van der Waals surface area contributed by atoms with Gasteiger partial charge in [-0.3, -0.25) is 0 Å². The zero-order valence-corrected chi connectivity index (χ0v) is 23.6. The average molecular weight is 679 g/mol. The number of halogens is 12. The smallest absolute Gasteiger partial charge is 0.185 e. The first-order chi connectivity index (χ1) is 10.2. The third-order valence-corrected chi connectivity index (χ3v) is 25.0. The van der Waals surface area contributed by atoms with E-state index in [0.29, 0.717) is 0 Å². The van der Waals surface area contributed by atoms with Crippen LogP contribution in [0.25, 0.3) is 0 Å². The van der Waals surface area contributed by atoms with Gasteiger partial charge in [-0.15, -0.1) is 0 Å². The van der Waals surface area contributed by atoms with Gasteiger partial charge in [-0.2, -0.15) is 31.3 Å². The molecule has 0 radical (unpaired) electrons. The molecule has 0 bridgehead atoms. The van der Waals surface area contributed by atoms with E-state index < -0.39 is 36.4 Å². The molecule has 0 aromatic rings. The number of rotatable bonds is 0. The zero-order valence-electron chi connectivity index (χ0n) is 9.90. The summed E-state index contributed by atoms with van der Waals surface area (Å²) >= 11 is 64.2. The third kappa shape index (κ3) is 10.5. The van der Waals surface area contributed by atoms with E-state index in [-0.39, 0.29) is 0 Å². The topological polar surface area (TPSA) is 74.2 Å². The summed E-state index contributed by atoms with van der Waals surface area (Å²) in [6, 6.07) is 0. The van der Waals surface area contributed by atoms with Crippen molar-refractivity contribution >= 4 is 160 Å². The summed E-state index contributed by atoms with van der Waals surface area (Å²) in [4.78, 5) is 0. The van der Waals surface area contributed by atoms with Crippen LogP contribution in [0.15, 0.2) is 27.1 Å². The van der Waals surface area contributed by atoms with Crippen LogP contribution in [0.5, 0.6) is 0 Å². The molecule has 0 aliphatic carbocycles. The molecule has 0 fully saturated rings. The minimum Gasteiger partial charge on any atom is -0.185 e. The summed E-state index contributed by atoms with van der Waals surface area (Å²) in [5.74, 6) is -19.0. The van der Waals surface area contributed by atoms with Crippen LogP contribution >= 0.6 is 160 Å². The van der Waals surface area contributed by atoms with Gasteiger partial charge in [0.2, 0.25) is 0 Å². The molecule has 0 aromatic heterocycles. The molecule has 0 amide bonds. The fraction of sp³-hybridized carbons (Fsp3) is 0. The van der Waals surface area contributed by atoms with Crippen molar-refractivity contribution in [1.29, 1.82) is 0 Å². The lowest BCUT2D eigenvalue weighted by molar-refractivity contribution is 0.898. The van der Waals surface area contributed by atoms with Crippen LogP contribution in [-0.2, 0) is 0 Å². The zero-order chi connectivity index (χ0) is 19.2. The van der Waals surface area contributed by atoms with E-state index in [0.717, 1.165) is 0 Å². The summed E-state index contributed by atoms with van der Waals surface area (Å²) in [5.41, 5.74) is 0. The summed E-state index contributed by atoms with van der Waals surface area (Å²) < 4.78 is 35.4. The SMILES string of the molecule is FP1(Cl)=NP(Cl)(Cl)=NP(Cl)(Cl)=NP(Cl)(Cl)=NP(Cl)(Cl)=NP(Cl)(Cl)=N1. The van der Waals surface area contributed by atoms with Gasteiger partial charge in [0.25, 0.3) is 29.6 Å². The molecule has 0 aromatic carbocycles. The lowest BCUT2D eigenvalue weighted by Crippen LogP contribution is -1.62. The van der Waals surface area contributed by atoms with Gasteiger partial charge in [0.1, 0.15) is 0 Å². The van der Waals surface area contributed by atoms with E-state index in [2.05, 4.69) is 27.1 Å². The first-order valence-corrected chi connectivity index (χ1v) is 24.4. The van der Waals surface area contributed by atoms with E-state index >= 15 is 0 Å². The number of hydrogen-bond acceptors (Lipinski definition) is 6. The van der Waals surface area contributed by atoms with Gasteiger partial charge < -0.3 is 0 Å². The van der Waals surface area contributed by atoms with Crippen LogP contribution in [0.4, 0.5) is 4.20 Å². The Labute approximate surface area is 189 Å². The van der Waals surface area contributed by atoms with Crippen LogP contribution in [0.2, 0.25) is 0 Å². The van der Waals surface area contributed by atoms with E-state index in [9.17, 15) is 4.20 Å². The highest BCUT2D eigenvalue weighted by Crippen LogP contribution is 2.88. The molecule has 0 saturated heterocycles. The molecule has 0 saturated carbocycles. The molecule has 24 heteroatoms. The molecular weight excluding hydrogens is 679 g/mol. The van der Waals surface area contributed by atoms with Crippen molar-refractivity contribution in [2.24, 2.45) is 27.1 Å². The van der Waals surface area contributed by atoms with Crippen LogP contribution in [-0.4, -0.2) is 0 Å². The number of nitrogens with zero attached hydrogens (tertiary/aromatic N) is 6. The van der Waals surface area contributed by atoms with E-state index in [4.69, 9.17) is 124 Å². The van der Waals surface area contributed by atoms with Crippen molar-refractivity contribution in [2.45, 2.75) is 0 Å². The Morgan fingerprint density at radius 3 is 0.875 bits per heavy atom. The highest BCUT2D eigenvalue weighted by atomic mass is 35.9. The summed E-state index contributed by atoms with van der Waals surface area (Å²) in [5, 5.41) is 0. The largest absolute Gasteiger partial charge is 0.338 e.